The lowest BCUT2D eigenvalue weighted by molar-refractivity contribution is -0.114. The Labute approximate surface area is 164 Å². The van der Waals surface area contributed by atoms with Crippen molar-refractivity contribution in [1.82, 2.24) is 0 Å². The molecule has 1 aliphatic rings. The zero-order chi connectivity index (χ0) is 19.9. The summed E-state index contributed by atoms with van der Waals surface area (Å²) in [7, 11) is -1.83. The molecule has 1 heterocycles. The number of carbonyl (C=O) groups is 1. The Kier molecular flexibility index (Phi) is 7.81. The molecular formula is C22H32O4Si. The molecule has 1 atom stereocenters. The highest BCUT2D eigenvalue weighted by molar-refractivity contribution is 6.74. The first-order valence-electron chi connectivity index (χ1n) is 9.63. The highest BCUT2D eigenvalue weighted by atomic mass is 28.4. The van der Waals surface area contributed by atoms with Gasteiger partial charge in [-0.25, -0.2) is 0 Å². The minimum atomic E-state index is -1.83. The third kappa shape index (κ3) is 6.89. The molecule has 0 aliphatic carbocycles. The SMILES string of the molecule is CC(C)(C)[Si](C)(C)OCC#CC(=O)CC(CC1OCCO1)c1ccccc1. The summed E-state index contributed by atoms with van der Waals surface area (Å²) in [6.07, 6.45) is 0.788. The Bertz CT molecular complexity index is 661. The summed E-state index contributed by atoms with van der Waals surface area (Å²) in [5.41, 5.74) is 1.12. The van der Waals surface area contributed by atoms with Gasteiger partial charge in [0.1, 0.15) is 0 Å². The average Bonchev–Trinajstić information content (AvgIpc) is 3.11. The van der Waals surface area contributed by atoms with Crippen LogP contribution in [0.15, 0.2) is 30.3 Å². The number of ketones is 1. The lowest BCUT2D eigenvalue weighted by Crippen LogP contribution is -2.40. The van der Waals surface area contributed by atoms with Crippen LogP contribution in [-0.2, 0) is 18.7 Å². The normalized spacial score (nSPS) is 16.6. The van der Waals surface area contributed by atoms with Crippen LogP contribution in [0.2, 0.25) is 18.1 Å². The number of benzene rings is 1. The second kappa shape index (κ2) is 9.65. The molecule has 0 radical (unpaired) electrons. The molecule has 148 valence electrons. The summed E-state index contributed by atoms with van der Waals surface area (Å²) in [6, 6.07) is 10.0. The van der Waals surface area contributed by atoms with Crippen LogP contribution in [0.4, 0.5) is 0 Å². The maximum atomic E-state index is 12.4. The van der Waals surface area contributed by atoms with Gasteiger partial charge in [0.05, 0.1) is 19.8 Å². The van der Waals surface area contributed by atoms with E-state index in [-0.39, 0.29) is 23.0 Å². The zero-order valence-electron chi connectivity index (χ0n) is 17.2. The van der Waals surface area contributed by atoms with Gasteiger partial charge < -0.3 is 13.9 Å². The van der Waals surface area contributed by atoms with Crippen LogP contribution >= 0.6 is 0 Å². The Morgan fingerprint density at radius 2 is 1.85 bits per heavy atom. The molecule has 0 amide bonds. The molecule has 0 spiro atoms. The third-order valence-electron chi connectivity index (χ3n) is 5.41. The first-order valence-corrected chi connectivity index (χ1v) is 12.5. The van der Waals surface area contributed by atoms with Gasteiger partial charge in [0.2, 0.25) is 5.78 Å². The van der Waals surface area contributed by atoms with Gasteiger partial charge in [-0.3, -0.25) is 4.79 Å². The van der Waals surface area contributed by atoms with Crippen molar-refractivity contribution >= 4 is 14.1 Å². The number of hydrogen-bond donors (Lipinski definition) is 0. The van der Waals surface area contributed by atoms with E-state index in [4.69, 9.17) is 13.9 Å². The van der Waals surface area contributed by atoms with Crippen molar-refractivity contribution in [2.75, 3.05) is 19.8 Å². The minimum absolute atomic E-state index is 0.0393. The largest absolute Gasteiger partial charge is 0.406 e. The monoisotopic (exact) mass is 388 g/mol. The highest BCUT2D eigenvalue weighted by Gasteiger charge is 2.36. The topological polar surface area (TPSA) is 44.8 Å². The summed E-state index contributed by atoms with van der Waals surface area (Å²) >= 11 is 0. The summed E-state index contributed by atoms with van der Waals surface area (Å²) in [6.45, 7) is 12.5. The predicted molar refractivity (Wildman–Crippen MR) is 110 cm³/mol. The smallest absolute Gasteiger partial charge is 0.206 e. The van der Waals surface area contributed by atoms with Gasteiger partial charge in [-0.2, -0.15) is 0 Å². The standard InChI is InChI=1S/C22H32O4Si/c1-22(2,3)27(4,5)26-13-9-12-20(23)16-19(17-21-24-14-15-25-21)18-10-7-6-8-11-18/h6-8,10-11,19,21H,13-17H2,1-5H3. The molecule has 1 aromatic rings. The Morgan fingerprint density at radius 1 is 1.22 bits per heavy atom. The maximum Gasteiger partial charge on any atom is 0.206 e. The first-order chi connectivity index (χ1) is 12.7. The van der Waals surface area contributed by atoms with Crippen molar-refractivity contribution in [3.63, 3.8) is 0 Å². The van der Waals surface area contributed by atoms with Crippen LogP contribution in [0.1, 0.15) is 45.1 Å². The number of hydrogen-bond acceptors (Lipinski definition) is 4. The van der Waals surface area contributed by atoms with Crippen LogP contribution < -0.4 is 0 Å². The Morgan fingerprint density at radius 3 is 2.44 bits per heavy atom. The van der Waals surface area contributed by atoms with E-state index >= 15 is 0 Å². The van der Waals surface area contributed by atoms with E-state index in [0.29, 0.717) is 32.7 Å². The van der Waals surface area contributed by atoms with Gasteiger partial charge in [-0.15, -0.1) is 0 Å². The average molecular weight is 389 g/mol. The molecule has 1 unspecified atom stereocenters. The van der Waals surface area contributed by atoms with Gasteiger partial charge in [-0.05, 0) is 35.5 Å². The Hall–Kier alpha value is -1.45. The lowest BCUT2D eigenvalue weighted by Gasteiger charge is -2.35. The summed E-state index contributed by atoms with van der Waals surface area (Å²) in [4.78, 5) is 12.4. The van der Waals surface area contributed by atoms with Crippen molar-refractivity contribution in [2.45, 2.75) is 64.0 Å². The highest BCUT2D eigenvalue weighted by Crippen LogP contribution is 2.36. The van der Waals surface area contributed by atoms with E-state index in [0.717, 1.165) is 5.56 Å². The lowest BCUT2D eigenvalue weighted by atomic mass is 9.90. The second-order valence-corrected chi connectivity index (χ2v) is 13.3. The number of carbonyl (C=O) groups excluding carboxylic acids is 1. The van der Waals surface area contributed by atoms with E-state index in [2.05, 4.69) is 45.7 Å². The van der Waals surface area contributed by atoms with Crippen LogP contribution in [0.25, 0.3) is 0 Å². The quantitative estimate of drug-likeness (QED) is 0.391. The molecule has 5 heteroatoms. The van der Waals surface area contributed by atoms with Crippen molar-refractivity contribution in [1.29, 1.82) is 0 Å². The first kappa shape index (κ1) is 21.8. The molecule has 2 rings (SSSR count). The zero-order valence-corrected chi connectivity index (χ0v) is 18.2. The van der Waals surface area contributed by atoms with E-state index in [1.165, 1.54) is 0 Å². The van der Waals surface area contributed by atoms with E-state index < -0.39 is 8.32 Å². The van der Waals surface area contributed by atoms with Crippen LogP contribution in [0.3, 0.4) is 0 Å². The summed E-state index contributed by atoms with van der Waals surface area (Å²) in [5.74, 6) is 5.64. The van der Waals surface area contributed by atoms with E-state index in [1.807, 2.05) is 30.3 Å². The summed E-state index contributed by atoms with van der Waals surface area (Å²) < 4.78 is 17.2. The maximum absolute atomic E-state index is 12.4. The molecule has 1 saturated heterocycles. The number of ether oxygens (including phenoxy) is 2. The van der Waals surface area contributed by atoms with Crippen molar-refractivity contribution in [2.24, 2.45) is 0 Å². The predicted octanol–water partition coefficient (Wildman–Crippen LogP) is 4.52. The minimum Gasteiger partial charge on any atom is -0.406 e. The Balaban J connectivity index is 1.94. The molecular weight excluding hydrogens is 356 g/mol. The molecule has 27 heavy (non-hydrogen) atoms. The molecule has 0 saturated carbocycles. The van der Waals surface area contributed by atoms with Gasteiger partial charge in [0.25, 0.3) is 0 Å². The van der Waals surface area contributed by atoms with Crippen molar-refractivity contribution < 1.29 is 18.7 Å². The second-order valence-electron chi connectivity index (χ2n) is 8.49. The van der Waals surface area contributed by atoms with Crippen LogP contribution in [0, 0.1) is 11.8 Å². The van der Waals surface area contributed by atoms with Gasteiger partial charge in [0.15, 0.2) is 14.6 Å². The van der Waals surface area contributed by atoms with Crippen molar-refractivity contribution in [3.8, 4) is 11.8 Å². The summed E-state index contributed by atoms with van der Waals surface area (Å²) in [5, 5.41) is 0.137. The molecule has 1 aliphatic heterocycles. The molecule has 0 aromatic heterocycles. The van der Waals surface area contributed by atoms with Crippen LogP contribution in [0.5, 0.6) is 0 Å². The molecule has 4 nitrogen and oxygen atoms in total. The fourth-order valence-corrected chi connectivity index (χ4v) is 3.55. The van der Waals surface area contributed by atoms with Gasteiger partial charge in [-0.1, -0.05) is 57.0 Å². The molecule has 0 bridgehead atoms. The molecule has 0 N–H and O–H groups in total. The third-order valence-corrected chi connectivity index (χ3v) is 9.89. The van der Waals surface area contributed by atoms with Crippen LogP contribution in [-0.4, -0.2) is 40.2 Å². The fourth-order valence-electron chi connectivity index (χ4n) is 2.68. The van der Waals surface area contributed by atoms with Gasteiger partial charge >= 0.3 is 0 Å². The number of Topliss-reactive ketones (excluding diaryl/α,β-unsaturated/α-hetero) is 1. The van der Waals surface area contributed by atoms with Crippen molar-refractivity contribution in [3.05, 3.63) is 35.9 Å². The van der Waals surface area contributed by atoms with Gasteiger partial charge in [0, 0.05) is 12.8 Å². The van der Waals surface area contributed by atoms with E-state index in [9.17, 15) is 4.79 Å². The fraction of sp³-hybridized carbons (Fsp3) is 0.591. The van der Waals surface area contributed by atoms with E-state index in [1.54, 1.807) is 0 Å². The molecule has 1 fully saturated rings. The number of rotatable bonds is 7. The molecule has 1 aromatic carbocycles.